The minimum atomic E-state index is 0.692. The van der Waals surface area contributed by atoms with Gasteiger partial charge in [-0.3, -0.25) is 0 Å². The van der Waals surface area contributed by atoms with Gasteiger partial charge in [0.1, 0.15) is 5.71 Å². The zero-order valence-corrected chi connectivity index (χ0v) is 14.1. The second-order valence-electron chi connectivity index (χ2n) is 5.38. The van der Waals surface area contributed by atoms with Crippen LogP contribution in [0.4, 0.5) is 0 Å². The van der Waals surface area contributed by atoms with Crippen LogP contribution in [0.3, 0.4) is 0 Å². The molecule has 0 atom stereocenters. The number of rotatable bonds is 4. The van der Waals surface area contributed by atoms with Crippen molar-refractivity contribution < 1.29 is 0 Å². The van der Waals surface area contributed by atoms with Crippen molar-refractivity contribution in [2.75, 3.05) is 0 Å². The molecule has 0 bridgehead atoms. The van der Waals surface area contributed by atoms with E-state index in [2.05, 4.69) is 10.2 Å². The van der Waals surface area contributed by atoms with Crippen molar-refractivity contribution in [1.82, 2.24) is 0 Å². The van der Waals surface area contributed by atoms with E-state index < -0.39 is 0 Å². The van der Waals surface area contributed by atoms with Crippen molar-refractivity contribution in [3.05, 3.63) is 107 Å². The maximum atomic E-state index is 6.05. The van der Waals surface area contributed by atoms with E-state index in [1.165, 1.54) is 0 Å². The number of nitrogens with zero attached hydrogens (tertiary/aromatic N) is 2. The third-order valence-electron chi connectivity index (χ3n) is 3.64. The van der Waals surface area contributed by atoms with E-state index in [0.29, 0.717) is 5.02 Å². The Morgan fingerprint density at radius 2 is 1.21 bits per heavy atom. The molecule has 118 valence electrons. The van der Waals surface area contributed by atoms with Crippen molar-refractivity contribution in [2.45, 2.75) is 6.92 Å². The van der Waals surface area contributed by atoms with Crippen molar-refractivity contribution in [3.8, 4) is 0 Å². The average molecular weight is 333 g/mol. The topological polar surface area (TPSA) is 24.7 Å². The molecular weight excluding hydrogens is 316 g/mol. The Balaban J connectivity index is 2.03. The monoisotopic (exact) mass is 332 g/mol. The molecule has 0 fully saturated rings. The van der Waals surface area contributed by atoms with Crippen LogP contribution >= 0.6 is 11.6 Å². The predicted octanol–water partition coefficient (Wildman–Crippen LogP) is 5.60. The van der Waals surface area contributed by atoms with E-state index in [1.54, 1.807) is 0 Å². The first-order valence-corrected chi connectivity index (χ1v) is 8.11. The Kier molecular flexibility index (Phi) is 5.19. The third kappa shape index (κ3) is 3.98. The van der Waals surface area contributed by atoms with Crippen LogP contribution in [0, 0.1) is 0 Å². The zero-order valence-electron chi connectivity index (χ0n) is 13.4. The maximum Gasteiger partial charge on any atom is 0.100 e. The molecule has 3 heteroatoms. The van der Waals surface area contributed by atoms with Crippen molar-refractivity contribution in [1.29, 1.82) is 0 Å². The van der Waals surface area contributed by atoms with Crippen LogP contribution in [-0.4, -0.2) is 11.4 Å². The van der Waals surface area contributed by atoms with Gasteiger partial charge in [-0.15, -0.1) is 5.10 Å². The molecule has 0 heterocycles. The fourth-order valence-corrected chi connectivity index (χ4v) is 2.56. The normalized spacial score (nSPS) is 11.2. The first-order chi connectivity index (χ1) is 11.7. The summed E-state index contributed by atoms with van der Waals surface area (Å²) >= 11 is 6.05. The van der Waals surface area contributed by atoms with E-state index >= 15 is 0 Å². The Bertz CT molecular complexity index is 827. The summed E-state index contributed by atoms with van der Waals surface area (Å²) < 4.78 is 0. The van der Waals surface area contributed by atoms with E-state index in [1.807, 2.05) is 91.9 Å². The smallest absolute Gasteiger partial charge is 0.100 e. The number of benzene rings is 3. The molecule has 3 rings (SSSR count). The summed E-state index contributed by atoms with van der Waals surface area (Å²) in [5, 5.41) is 9.66. The summed E-state index contributed by atoms with van der Waals surface area (Å²) in [7, 11) is 0. The Labute approximate surface area is 147 Å². The van der Waals surface area contributed by atoms with E-state index in [0.717, 1.165) is 28.1 Å². The van der Waals surface area contributed by atoms with Gasteiger partial charge >= 0.3 is 0 Å². The standard InChI is InChI=1S/C21H17ClN2/c1-16(19-13-8-14-20(22)15-19)23-24-21(17-9-4-2-5-10-17)18-11-6-3-7-12-18/h2-15H,1H3/b23-16-. The number of hydrogen-bond donors (Lipinski definition) is 0. The minimum Gasteiger partial charge on any atom is -0.155 e. The molecule has 0 amide bonds. The lowest BCUT2D eigenvalue weighted by atomic mass is 10.0. The van der Waals surface area contributed by atoms with Gasteiger partial charge < -0.3 is 0 Å². The number of hydrogen-bond acceptors (Lipinski definition) is 2. The van der Waals surface area contributed by atoms with Crippen molar-refractivity contribution in [3.63, 3.8) is 0 Å². The zero-order chi connectivity index (χ0) is 16.8. The lowest BCUT2D eigenvalue weighted by Gasteiger charge is -2.06. The first kappa shape index (κ1) is 16.2. The molecule has 0 aliphatic heterocycles. The molecule has 3 aromatic carbocycles. The second kappa shape index (κ2) is 7.71. The highest BCUT2D eigenvalue weighted by molar-refractivity contribution is 6.31. The van der Waals surface area contributed by atoms with Gasteiger partial charge in [0.25, 0.3) is 0 Å². The summed E-state index contributed by atoms with van der Waals surface area (Å²) in [6.07, 6.45) is 0. The van der Waals surface area contributed by atoms with Gasteiger partial charge in [0, 0.05) is 16.1 Å². The summed E-state index contributed by atoms with van der Waals surface area (Å²) in [4.78, 5) is 0. The Hall–Kier alpha value is -2.71. The van der Waals surface area contributed by atoms with Crippen LogP contribution in [0.25, 0.3) is 0 Å². The fraction of sp³-hybridized carbons (Fsp3) is 0.0476. The average Bonchev–Trinajstić information content (AvgIpc) is 2.63. The molecule has 0 aliphatic rings. The summed E-state index contributed by atoms with van der Waals surface area (Å²) in [5.74, 6) is 0. The predicted molar refractivity (Wildman–Crippen MR) is 102 cm³/mol. The first-order valence-electron chi connectivity index (χ1n) is 7.73. The van der Waals surface area contributed by atoms with Crippen molar-refractivity contribution >= 4 is 23.0 Å². The van der Waals surface area contributed by atoms with E-state index in [-0.39, 0.29) is 0 Å². The third-order valence-corrected chi connectivity index (χ3v) is 3.87. The molecule has 0 radical (unpaired) electrons. The van der Waals surface area contributed by atoms with Crippen molar-refractivity contribution in [2.24, 2.45) is 10.2 Å². The van der Waals surface area contributed by atoms with Crippen LogP contribution in [0.2, 0.25) is 5.02 Å². The molecule has 0 N–H and O–H groups in total. The largest absolute Gasteiger partial charge is 0.155 e. The van der Waals surface area contributed by atoms with Crippen LogP contribution in [0.5, 0.6) is 0 Å². The molecule has 0 saturated carbocycles. The summed E-state index contributed by atoms with van der Waals surface area (Å²) in [6, 6.07) is 27.8. The highest BCUT2D eigenvalue weighted by Crippen LogP contribution is 2.14. The van der Waals surface area contributed by atoms with Gasteiger partial charge in [-0.25, -0.2) is 0 Å². The van der Waals surface area contributed by atoms with Gasteiger partial charge in [-0.05, 0) is 24.6 Å². The van der Waals surface area contributed by atoms with Gasteiger partial charge in [0.15, 0.2) is 0 Å². The quantitative estimate of drug-likeness (QED) is 0.439. The van der Waals surface area contributed by atoms with E-state index in [4.69, 9.17) is 11.6 Å². The van der Waals surface area contributed by atoms with Crippen LogP contribution in [-0.2, 0) is 0 Å². The second-order valence-corrected chi connectivity index (χ2v) is 5.81. The van der Waals surface area contributed by atoms with Crippen LogP contribution in [0.1, 0.15) is 23.6 Å². The Morgan fingerprint density at radius 1 is 0.667 bits per heavy atom. The van der Waals surface area contributed by atoms with Gasteiger partial charge in [-0.2, -0.15) is 5.10 Å². The lowest BCUT2D eigenvalue weighted by molar-refractivity contribution is 1.22. The minimum absolute atomic E-state index is 0.692. The molecule has 0 aliphatic carbocycles. The molecule has 0 saturated heterocycles. The summed E-state index contributed by atoms with van der Waals surface area (Å²) in [6.45, 7) is 1.93. The van der Waals surface area contributed by atoms with Gasteiger partial charge in [-0.1, -0.05) is 84.4 Å². The molecule has 3 aromatic rings. The molecule has 24 heavy (non-hydrogen) atoms. The molecular formula is C21H17ClN2. The van der Waals surface area contributed by atoms with Gasteiger partial charge in [0.2, 0.25) is 0 Å². The highest BCUT2D eigenvalue weighted by Gasteiger charge is 2.06. The SMILES string of the molecule is C/C(=N/N=C(c1ccccc1)c1ccccc1)c1cccc(Cl)c1. The van der Waals surface area contributed by atoms with Crippen LogP contribution < -0.4 is 0 Å². The Morgan fingerprint density at radius 3 is 1.75 bits per heavy atom. The van der Waals surface area contributed by atoms with E-state index in [9.17, 15) is 0 Å². The highest BCUT2D eigenvalue weighted by atomic mass is 35.5. The fourth-order valence-electron chi connectivity index (χ4n) is 2.37. The number of halogens is 1. The lowest BCUT2D eigenvalue weighted by Crippen LogP contribution is -2.03. The summed E-state index contributed by atoms with van der Waals surface area (Å²) in [5.41, 5.74) is 4.70. The molecule has 0 unspecified atom stereocenters. The molecule has 2 nitrogen and oxygen atoms in total. The van der Waals surface area contributed by atoms with Gasteiger partial charge in [0.05, 0.1) is 5.71 Å². The molecule has 0 aromatic heterocycles. The maximum absolute atomic E-state index is 6.05. The van der Waals surface area contributed by atoms with Crippen LogP contribution in [0.15, 0.2) is 95.1 Å². The molecule has 0 spiro atoms.